The molecular weight excluding hydrogens is 785 g/mol. The van der Waals surface area contributed by atoms with Crippen LogP contribution in [0.4, 0.5) is 4.79 Å². The van der Waals surface area contributed by atoms with Crippen molar-refractivity contribution in [2.75, 3.05) is 20.2 Å². The number of hydrogen-bond acceptors (Lipinski definition) is 9. The average molecular weight is 837 g/mol. The van der Waals surface area contributed by atoms with Crippen molar-refractivity contribution in [3.05, 3.63) is 114 Å². The lowest BCUT2D eigenvalue weighted by molar-refractivity contribution is -0.136. The SMILES string of the molecule is C=C(O)N[C@H](C(=O)N1C[C@@H](C)C[C@H]1c1nc2c(ccc3cc4c(cc32)OCc2cc(-c3cnc([C@@H]5C[C@H](C)CN5C(=O)[C@H](NC(=O)OC)c5ccccc5)[nH]3)ccc2-4)[nH]1)C(C)C. The highest BCUT2D eigenvalue weighted by Gasteiger charge is 2.41. The van der Waals surface area contributed by atoms with E-state index in [1.807, 2.05) is 66.2 Å². The molecular formula is C48H52N8O6. The third-order valence-electron chi connectivity index (χ3n) is 12.6. The van der Waals surface area contributed by atoms with E-state index in [4.69, 9.17) is 19.4 Å². The van der Waals surface area contributed by atoms with E-state index in [0.29, 0.717) is 31.1 Å². The second-order valence-corrected chi connectivity index (χ2v) is 17.5. The molecule has 0 spiro atoms. The lowest BCUT2D eigenvalue weighted by Crippen LogP contribution is -2.48. The number of alkyl carbamates (subject to hydrolysis) is 1. The molecule has 0 aliphatic carbocycles. The number of benzene rings is 4. The van der Waals surface area contributed by atoms with Crippen molar-refractivity contribution in [2.45, 2.75) is 71.3 Å². The molecule has 2 fully saturated rings. The smallest absolute Gasteiger partial charge is 0.407 e. The number of H-pyrrole nitrogens is 2. The number of amides is 3. The van der Waals surface area contributed by atoms with Crippen LogP contribution in [0.15, 0.2) is 91.5 Å². The van der Waals surface area contributed by atoms with Crippen molar-refractivity contribution in [3.8, 4) is 28.1 Å². The Labute approximate surface area is 359 Å². The Morgan fingerprint density at radius 3 is 2.32 bits per heavy atom. The highest BCUT2D eigenvalue weighted by Crippen LogP contribution is 2.44. The third-order valence-corrected chi connectivity index (χ3v) is 12.6. The molecule has 6 atom stereocenters. The maximum absolute atomic E-state index is 14.1. The van der Waals surface area contributed by atoms with Gasteiger partial charge in [-0.1, -0.05) is 76.2 Å². The number of aliphatic hydroxyl groups excluding tert-OH is 1. The summed E-state index contributed by atoms with van der Waals surface area (Å²) in [6, 6.07) is 21.8. The van der Waals surface area contributed by atoms with E-state index in [9.17, 15) is 19.5 Å². The summed E-state index contributed by atoms with van der Waals surface area (Å²) in [5, 5.41) is 17.5. The Balaban J connectivity index is 0.971. The predicted octanol–water partition coefficient (Wildman–Crippen LogP) is 8.23. The van der Waals surface area contributed by atoms with Gasteiger partial charge < -0.3 is 45.0 Å². The van der Waals surface area contributed by atoms with Crippen LogP contribution in [0.5, 0.6) is 5.75 Å². The molecule has 5 heterocycles. The van der Waals surface area contributed by atoms with Crippen LogP contribution in [0, 0.1) is 17.8 Å². The number of aliphatic hydroxyl groups is 1. The molecule has 6 aromatic rings. The van der Waals surface area contributed by atoms with Gasteiger partial charge in [-0.2, -0.15) is 0 Å². The molecule has 3 aliphatic heterocycles. The van der Waals surface area contributed by atoms with Crippen molar-refractivity contribution in [1.82, 2.24) is 40.4 Å². The van der Waals surface area contributed by atoms with Crippen LogP contribution >= 0.6 is 0 Å². The molecule has 3 aliphatic rings. The molecule has 2 saturated heterocycles. The Morgan fingerprint density at radius 1 is 0.887 bits per heavy atom. The second-order valence-electron chi connectivity index (χ2n) is 17.5. The van der Waals surface area contributed by atoms with E-state index in [0.717, 1.165) is 74.2 Å². The van der Waals surface area contributed by atoms with Crippen LogP contribution in [0.25, 0.3) is 44.2 Å². The molecule has 2 aromatic heterocycles. The Kier molecular flexibility index (Phi) is 10.6. The first-order valence-electron chi connectivity index (χ1n) is 21.3. The number of aromatic nitrogens is 4. The minimum Gasteiger partial charge on any atom is -0.495 e. The van der Waals surface area contributed by atoms with Gasteiger partial charge in [0.2, 0.25) is 5.91 Å². The molecule has 9 rings (SSSR count). The normalized spacial score (nSPS) is 20.4. The average Bonchev–Trinajstić information content (AvgIpc) is 4.09. The van der Waals surface area contributed by atoms with E-state index >= 15 is 0 Å². The number of carbonyl (C=O) groups excluding carboxylic acids is 3. The van der Waals surface area contributed by atoms with E-state index in [1.165, 1.54) is 7.11 Å². The quantitative estimate of drug-likeness (QED) is 0.0851. The summed E-state index contributed by atoms with van der Waals surface area (Å²) in [6.45, 7) is 13.2. The van der Waals surface area contributed by atoms with Crippen LogP contribution in [0.3, 0.4) is 0 Å². The molecule has 14 heteroatoms. The number of hydrogen-bond donors (Lipinski definition) is 5. The zero-order valence-electron chi connectivity index (χ0n) is 35.6. The van der Waals surface area contributed by atoms with Crippen LogP contribution in [-0.4, -0.2) is 79.0 Å². The molecule has 0 unspecified atom stereocenters. The number of nitrogens with one attached hydrogen (secondary N) is 4. The van der Waals surface area contributed by atoms with Crippen LogP contribution in [-0.2, 0) is 20.9 Å². The first-order valence-corrected chi connectivity index (χ1v) is 21.3. The number of aromatic amines is 2. The number of ether oxygens (including phenoxy) is 2. The fraction of sp³-hybridized carbons (Fsp3) is 0.354. The standard InChI is InChI=1S/C48H52N8O6/c1-25(2)41(50-28(5)57)46(58)56-23-27(4)17-39(56)45-51-36-15-13-30-19-35-33-14-12-31(18-32(33)24-62-40(35)20-34(30)43(36)53-45)37-21-49-44(52-37)38-16-26(3)22-55(38)47(59)42(54-48(60)61-6)29-10-8-7-9-11-29/h7-15,18-21,25-27,38-39,41-42,50,57H,5,16-17,22-24H2,1-4,6H3,(H,49,52)(H,51,53)(H,54,60)/t26-,27-,38-,39-,41-,42+/m0/s1. The number of carbonyl (C=O) groups is 3. The van der Waals surface area contributed by atoms with Crippen molar-refractivity contribution >= 4 is 39.7 Å². The van der Waals surface area contributed by atoms with Gasteiger partial charge in [0.25, 0.3) is 5.91 Å². The molecule has 4 aromatic carbocycles. The predicted molar refractivity (Wildman–Crippen MR) is 236 cm³/mol. The topological polar surface area (TPSA) is 178 Å². The highest BCUT2D eigenvalue weighted by molar-refractivity contribution is 6.07. The minimum absolute atomic E-state index is 0.0569. The molecule has 62 heavy (non-hydrogen) atoms. The van der Waals surface area contributed by atoms with Crippen LogP contribution in [0.2, 0.25) is 0 Å². The summed E-state index contributed by atoms with van der Waals surface area (Å²) in [6.07, 6.45) is 2.63. The molecule has 0 bridgehead atoms. The van der Waals surface area contributed by atoms with Gasteiger partial charge in [0, 0.05) is 24.0 Å². The molecule has 0 saturated carbocycles. The van der Waals surface area contributed by atoms with Crippen LogP contribution < -0.4 is 15.4 Å². The zero-order chi connectivity index (χ0) is 43.4. The monoisotopic (exact) mass is 836 g/mol. The largest absolute Gasteiger partial charge is 0.495 e. The van der Waals surface area contributed by atoms with Gasteiger partial charge in [-0.25, -0.2) is 14.8 Å². The summed E-state index contributed by atoms with van der Waals surface area (Å²) < 4.78 is 11.3. The third kappa shape index (κ3) is 7.47. The molecule has 5 N–H and O–H groups in total. The lowest BCUT2D eigenvalue weighted by atomic mass is 9.92. The van der Waals surface area contributed by atoms with E-state index in [-0.39, 0.29) is 47.5 Å². The summed E-state index contributed by atoms with van der Waals surface area (Å²) in [7, 11) is 1.28. The van der Waals surface area contributed by atoms with Gasteiger partial charge in [-0.15, -0.1) is 0 Å². The van der Waals surface area contributed by atoms with Crippen molar-refractivity contribution in [2.24, 2.45) is 17.8 Å². The highest BCUT2D eigenvalue weighted by atomic mass is 16.5. The van der Waals surface area contributed by atoms with Crippen molar-refractivity contribution in [3.63, 3.8) is 0 Å². The second kappa shape index (κ2) is 16.2. The number of nitrogens with zero attached hydrogens (tertiary/aromatic N) is 4. The van der Waals surface area contributed by atoms with Gasteiger partial charge in [-0.3, -0.25) is 9.59 Å². The van der Waals surface area contributed by atoms with Crippen molar-refractivity contribution < 1.29 is 29.0 Å². The van der Waals surface area contributed by atoms with Crippen LogP contribution in [0.1, 0.15) is 81.4 Å². The Bertz CT molecular complexity index is 2710. The first-order chi connectivity index (χ1) is 29.9. The summed E-state index contributed by atoms with van der Waals surface area (Å²) in [5.41, 5.74) is 7.27. The number of fused-ring (bicyclic) bond motifs is 6. The minimum atomic E-state index is -0.904. The fourth-order valence-corrected chi connectivity index (χ4v) is 9.53. The van der Waals surface area contributed by atoms with Gasteiger partial charge >= 0.3 is 6.09 Å². The molecule has 0 radical (unpaired) electrons. The number of rotatable bonds is 10. The Hall–Kier alpha value is -6.83. The van der Waals surface area contributed by atoms with Gasteiger partial charge in [-0.05, 0) is 89.1 Å². The molecule has 320 valence electrons. The van der Waals surface area contributed by atoms with E-state index < -0.39 is 18.2 Å². The summed E-state index contributed by atoms with van der Waals surface area (Å²) in [4.78, 5) is 61.0. The Morgan fingerprint density at radius 2 is 1.61 bits per heavy atom. The number of imidazole rings is 2. The number of methoxy groups -OCH3 is 1. The first kappa shape index (κ1) is 40.6. The molecule has 3 amide bonds. The maximum Gasteiger partial charge on any atom is 0.407 e. The number of likely N-dealkylation sites (tertiary alicyclic amines) is 2. The van der Waals surface area contributed by atoms with Gasteiger partial charge in [0.1, 0.15) is 36.1 Å². The maximum atomic E-state index is 14.1. The zero-order valence-corrected chi connectivity index (χ0v) is 35.6. The summed E-state index contributed by atoms with van der Waals surface area (Å²) >= 11 is 0. The van der Waals surface area contributed by atoms with Crippen molar-refractivity contribution in [1.29, 1.82) is 0 Å². The fourth-order valence-electron chi connectivity index (χ4n) is 9.53. The molecule has 14 nitrogen and oxygen atoms in total. The van der Waals surface area contributed by atoms with E-state index in [2.05, 4.69) is 77.4 Å². The van der Waals surface area contributed by atoms with E-state index in [1.54, 1.807) is 0 Å². The van der Waals surface area contributed by atoms with Gasteiger partial charge in [0.15, 0.2) is 5.88 Å². The van der Waals surface area contributed by atoms with Gasteiger partial charge in [0.05, 0.1) is 42.1 Å². The summed E-state index contributed by atoms with van der Waals surface area (Å²) in [5.74, 6) is 2.12. The lowest BCUT2D eigenvalue weighted by Gasteiger charge is -2.30.